The normalized spacial score (nSPS) is 17.0. The number of anilines is 1. The van der Waals surface area contributed by atoms with E-state index in [1.165, 1.54) is 22.5 Å². The van der Waals surface area contributed by atoms with E-state index in [-0.39, 0.29) is 29.0 Å². The van der Waals surface area contributed by atoms with Gasteiger partial charge in [0.05, 0.1) is 15.9 Å². The van der Waals surface area contributed by atoms with Gasteiger partial charge in [-0.15, -0.1) is 0 Å². The molecule has 2 amide bonds. The summed E-state index contributed by atoms with van der Waals surface area (Å²) in [7, 11) is -3.24. The highest BCUT2D eigenvalue weighted by molar-refractivity contribution is 9.10. The van der Waals surface area contributed by atoms with Gasteiger partial charge in [-0.3, -0.25) is 9.59 Å². The first-order chi connectivity index (χ1) is 10.8. The van der Waals surface area contributed by atoms with Gasteiger partial charge in [-0.2, -0.15) is 0 Å². The maximum Gasteiger partial charge on any atom is 0.313 e. The number of rotatable bonds is 4. The minimum atomic E-state index is -3.24. The van der Waals surface area contributed by atoms with Crippen LogP contribution in [0.5, 0.6) is 0 Å². The van der Waals surface area contributed by atoms with Crippen molar-refractivity contribution in [3.05, 3.63) is 28.5 Å². The van der Waals surface area contributed by atoms with Gasteiger partial charge in [0.2, 0.25) is 10.0 Å². The SMILES string of the molecule is O=C(NCCN1CCCS1(=O)=O)C(=O)Nc1cccc(Br)c1F. The lowest BCUT2D eigenvalue weighted by Gasteiger charge is -2.14. The van der Waals surface area contributed by atoms with Gasteiger partial charge >= 0.3 is 11.8 Å². The van der Waals surface area contributed by atoms with Gasteiger partial charge in [-0.1, -0.05) is 6.07 Å². The molecular weight excluding hydrogens is 393 g/mol. The first-order valence-corrected chi connectivity index (χ1v) is 9.22. The van der Waals surface area contributed by atoms with Crippen molar-refractivity contribution >= 4 is 43.5 Å². The third kappa shape index (κ3) is 4.49. The van der Waals surface area contributed by atoms with E-state index in [9.17, 15) is 22.4 Å². The fourth-order valence-electron chi connectivity index (χ4n) is 2.10. The smallest absolute Gasteiger partial charge is 0.313 e. The summed E-state index contributed by atoms with van der Waals surface area (Å²) in [4.78, 5) is 23.3. The highest BCUT2D eigenvalue weighted by atomic mass is 79.9. The molecule has 2 rings (SSSR count). The molecule has 0 aliphatic carbocycles. The monoisotopic (exact) mass is 407 g/mol. The highest BCUT2D eigenvalue weighted by Crippen LogP contribution is 2.22. The molecule has 0 atom stereocenters. The van der Waals surface area contributed by atoms with Crippen LogP contribution in [0, 0.1) is 5.82 Å². The summed E-state index contributed by atoms with van der Waals surface area (Å²) in [6.45, 7) is 0.521. The zero-order chi connectivity index (χ0) is 17.0. The summed E-state index contributed by atoms with van der Waals surface area (Å²) in [5.41, 5.74) is -0.123. The summed E-state index contributed by atoms with van der Waals surface area (Å²) < 4.78 is 38.3. The van der Waals surface area contributed by atoms with E-state index in [1.807, 2.05) is 0 Å². The number of hydrogen-bond acceptors (Lipinski definition) is 4. The number of nitrogens with one attached hydrogen (secondary N) is 2. The van der Waals surface area contributed by atoms with Crippen molar-refractivity contribution in [3.8, 4) is 0 Å². The van der Waals surface area contributed by atoms with E-state index < -0.39 is 27.7 Å². The van der Waals surface area contributed by atoms with Gasteiger partial charge in [-0.05, 0) is 34.5 Å². The molecular formula is C13H15BrFN3O4S. The van der Waals surface area contributed by atoms with Crippen LogP contribution in [0.3, 0.4) is 0 Å². The minimum absolute atomic E-state index is 0.00640. The Labute approximate surface area is 141 Å². The lowest BCUT2D eigenvalue weighted by Crippen LogP contribution is -2.40. The second kappa shape index (κ2) is 7.37. The van der Waals surface area contributed by atoms with Crippen LogP contribution in [0.25, 0.3) is 0 Å². The van der Waals surface area contributed by atoms with Crippen molar-refractivity contribution in [1.29, 1.82) is 0 Å². The van der Waals surface area contributed by atoms with Crippen LogP contribution in [0.4, 0.5) is 10.1 Å². The van der Waals surface area contributed by atoms with Crippen molar-refractivity contribution in [2.45, 2.75) is 6.42 Å². The Kier molecular flexibility index (Phi) is 5.71. The summed E-state index contributed by atoms with van der Waals surface area (Å²) in [6, 6.07) is 4.29. The van der Waals surface area contributed by atoms with Crippen molar-refractivity contribution in [1.82, 2.24) is 9.62 Å². The highest BCUT2D eigenvalue weighted by Gasteiger charge is 2.27. The number of benzene rings is 1. The molecule has 2 N–H and O–H groups in total. The largest absolute Gasteiger partial charge is 0.347 e. The third-order valence-corrected chi connectivity index (χ3v) is 5.82. The first-order valence-electron chi connectivity index (χ1n) is 6.82. The number of carbonyl (C=O) groups is 2. The molecule has 1 saturated heterocycles. The van der Waals surface area contributed by atoms with Crippen LogP contribution in [0.2, 0.25) is 0 Å². The molecule has 23 heavy (non-hydrogen) atoms. The molecule has 126 valence electrons. The predicted molar refractivity (Wildman–Crippen MR) is 85.7 cm³/mol. The Balaban J connectivity index is 1.84. The quantitative estimate of drug-likeness (QED) is 0.717. The van der Waals surface area contributed by atoms with E-state index in [0.717, 1.165) is 0 Å². The first kappa shape index (κ1) is 17.8. The van der Waals surface area contributed by atoms with Crippen molar-refractivity contribution in [2.75, 3.05) is 30.7 Å². The van der Waals surface area contributed by atoms with E-state index in [2.05, 4.69) is 26.6 Å². The van der Waals surface area contributed by atoms with Crippen LogP contribution < -0.4 is 10.6 Å². The average molecular weight is 408 g/mol. The van der Waals surface area contributed by atoms with Gasteiger partial charge in [-0.25, -0.2) is 17.1 Å². The zero-order valence-electron chi connectivity index (χ0n) is 12.0. The van der Waals surface area contributed by atoms with Crippen LogP contribution in [-0.4, -0.2) is 49.9 Å². The fourth-order valence-corrected chi connectivity index (χ4v) is 3.99. The van der Waals surface area contributed by atoms with Crippen LogP contribution in [0.15, 0.2) is 22.7 Å². The fraction of sp³-hybridized carbons (Fsp3) is 0.385. The lowest BCUT2D eigenvalue weighted by atomic mass is 10.3. The number of sulfonamides is 1. The molecule has 7 nitrogen and oxygen atoms in total. The molecule has 0 bridgehead atoms. The molecule has 0 radical (unpaired) electrons. The van der Waals surface area contributed by atoms with Gasteiger partial charge < -0.3 is 10.6 Å². The Morgan fingerprint density at radius 1 is 1.30 bits per heavy atom. The van der Waals surface area contributed by atoms with Gasteiger partial charge in [0.15, 0.2) is 5.82 Å². The molecule has 0 saturated carbocycles. The second-order valence-electron chi connectivity index (χ2n) is 4.88. The van der Waals surface area contributed by atoms with Crippen molar-refractivity contribution in [3.63, 3.8) is 0 Å². The predicted octanol–water partition coefficient (Wildman–Crippen LogP) is 0.678. The van der Waals surface area contributed by atoms with E-state index in [4.69, 9.17) is 0 Å². The number of amides is 2. The Hall–Kier alpha value is -1.52. The summed E-state index contributed by atoms with van der Waals surface area (Å²) in [5, 5.41) is 4.47. The van der Waals surface area contributed by atoms with Crippen molar-refractivity contribution in [2.24, 2.45) is 0 Å². The molecule has 1 heterocycles. The summed E-state index contributed by atoms with van der Waals surface area (Å²) in [5.74, 6) is -2.56. The molecule has 1 aliphatic heterocycles. The van der Waals surface area contributed by atoms with Gasteiger partial charge in [0.1, 0.15) is 0 Å². The summed E-state index contributed by atoms with van der Waals surface area (Å²) in [6.07, 6.45) is 0.554. The lowest BCUT2D eigenvalue weighted by molar-refractivity contribution is -0.136. The number of carbonyl (C=O) groups excluding carboxylic acids is 2. The van der Waals surface area contributed by atoms with Crippen LogP contribution >= 0.6 is 15.9 Å². The molecule has 10 heteroatoms. The van der Waals surface area contributed by atoms with Gasteiger partial charge in [0.25, 0.3) is 0 Å². The molecule has 0 spiro atoms. The van der Waals surface area contributed by atoms with Gasteiger partial charge in [0, 0.05) is 19.6 Å². The molecule has 1 aromatic carbocycles. The molecule has 0 aromatic heterocycles. The minimum Gasteiger partial charge on any atom is -0.347 e. The molecule has 1 fully saturated rings. The third-order valence-electron chi connectivity index (χ3n) is 3.26. The zero-order valence-corrected chi connectivity index (χ0v) is 14.4. The van der Waals surface area contributed by atoms with E-state index >= 15 is 0 Å². The second-order valence-corrected chi connectivity index (χ2v) is 7.82. The Morgan fingerprint density at radius 2 is 2.04 bits per heavy atom. The molecule has 1 aromatic rings. The van der Waals surface area contributed by atoms with E-state index in [1.54, 1.807) is 0 Å². The number of hydrogen-bond donors (Lipinski definition) is 2. The number of nitrogens with zero attached hydrogens (tertiary/aromatic N) is 1. The topological polar surface area (TPSA) is 95.6 Å². The maximum absolute atomic E-state index is 13.7. The van der Waals surface area contributed by atoms with Crippen LogP contribution in [0.1, 0.15) is 6.42 Å². The molecule has 0 unspecified atom stereocenters. The average Bonchev–Trinajstić information content (AvgIpc) is 2.82. The van der Waals surface area contributed by atoms with Crippen LogP contribution in [-0.2, 0) is 19.6 Å². The standard InChI is InChI=1S/C13H15BrFN3O4S/c14-9-3-1-4-10(11(9)15)17-13(20)12(19)16-5-7-18-6-2-8-23(18,21)22/h1,3-4H,2,5-8H2,(H,16,19)(H,17,20). The maximum atomic E-state index is 13.7. The Morgan fingerprint density at radius 3 is 2.70 bits per heavy atom. The number of halogens is 2. The molecule has 1 aliphatic rings. The van der Waals surface area contributed by atoms with Crippen molar-refractivity contribution < 1.29 is 22.4 Å². The summed E-state index contributed by atoms with van der Waals surface area (Å²) >= 11 is 2.97. The van der Waals surface area contributed by atoms with E-state index in [0.29, 0.717) is 13.0 Å². The Bertz CT molecular complexity index is 726.